The minimum Gasteiger partial charge on any atom is -0.326 e. The van der Waals surface area contributed by atoms with Crippen molar-refractivity contribution < 1.29 is 0 Å². The molecule has 1 aromatic heterocycles. The molecule has 2 nitrogen and oxygen atoms in total. The number of thioether (sulfide) groups is 1. The summed E-state index contributed by atoms with van der Waals surface area (Å²) in [5, 5.41) is 2.15. The third-order valence-corrected chi connectivity index (χ3v) is 4.97. The normalized spacial score (nSPS) is 22.6. The van der Waals surface area contributed by atoms with Gasteiger partial charge in [-0.1, -0.05) is 6.07 Å². The molecule has 2 heterocycles. The average Bonchev–Trinajstić information content (AvgIpc) is 2.62. The van der Waals surface area contributed by atoms with Gasteiger partial charge in [-0.15, -0.1) is 11.3 Å². The zero-order valence-corrected chi connectivity index (χ0v) is 11.4. The quantitative estimate of drug-likeness (QED) is 0.901. The van der Waals surface area contributed by atoms with E-state index in [-0.39, 0.29) is 6.04 Å². The smallest absolute Gasteiger partial charge is 0.0591 e. The molecule has 2 atom stereocenters. The monoisotopic (exact) mass is 256 g/mol. The maximum Gasteiger partial charge on any atom is 0.0591 e. The van der Waals surface area contributed by atoms with Crippen molar-refractivity contribution in [2.75, 3.05) is 24.6 Å². The minimum absolute atomic E-state index is 0.210. The second-order valence-electron chi connectivity index (χ2n) is 4.32. The van der Waals surface area contributed by atoms with Crippen LogP contribution in [0.1, 0.15) is 24.3 Å². The molecule has 1 aliphatic rings. The molecule has 90 valence electrons. The van der Waals surface area contributed by atoms with Gasteiger partial charge in [0, 0.05) is 23.2 Å². The Morgan fingerprint density at radius 3 is 2.94 bits per heavy atom. The maximum atomic E-state index is 6.17. The van der Waals surface area contributed by atoms with Gasteiger partial charge in [0.1, 0.15) is 0 Å². The fraction of sp³-hybridized carbons (Fsp3) is 0.667. The molecule has 1 aromatic rings. The van der Waals surface area contributed by atoms with Gasteiger partial charge in [-0.2, -0.15) is 11.8 Å². The zero-order chi connectivity index (χ0) is 11.4. The van der Waals surface area contributed by atoms with Crippen molar-refractivity contribution in [2.45, 2.75) is 25.4 Å². The molecule has 0 aromatic carbocycles. The van der Waals surface area contributed by atoms with E-state index in [0.717, 1.165) is 0 Å². The van der Waals surface area contributed by atoms with Crippen LogP contribution in [0, 0.1) is 0 Å². The molecule has 1 fully saturated rings. The molecule has 0 aliphatic carbocycles. The molecule has 0 saturated carbocycles. The molecule has 0 radical (unpaired) electrons. The topological polar surface area (TPSA) is 29.3 Å². The van der Waals surface area contributed by atoms with Crippen molar-refractivity contribution >= 4 is 23.1 Å². The van der Waals surface area contributed by atoms with Crippen LogP contribution in [-0.4, -0.2) is 35.5 Å². The molecule has 0 spiro atoms. The van der Waals surface area contributed by atoms with Crippen LogP contribution in [0.25, 0.3) is 0 Å². The standard InChI is InChI=1S/C12H20N2S2/c1-10(13)12(11-4-2-8-16-11)14-5-3-7-15-9-6-14/h2,4,8,10,12H,3,5-7,9,13H2,1H3. The molecule has 1 aliphatic heterocycles. The van der Waals surface area contributed by atoms with Gasteiger partial charge in [-0.25, -0.2) is 0 Å². The highest BCUT2D eigenvalue weighted by molar-refractivity contribution is 7.99. The number of nitrogens with two attached hydrogens (primary N) is 1. The van der Waals surface area contributed by atoms with Gasteiger partial charge in [0.15, 0.2) is 0 Å². The summed E-state index contributed by atoms with van der Waals surface area (Å²) in [5.41, 5.74) is 6.17. The summed E-state index contributed by atoms with van der Waals surface area (Å²) in [6.45, 7) is 4.49. The maximum absolute atomic E-state index is 6.17. The van der Waals surface area contributed by atoms with Gasteiger partial charge in [0.2, 0.25) is 0 Å². The van der Waals surface area contributed by atoms with E-state index in [4.69, 9.17) is 5.73 Å². The predicted octanol–water partition coefficient (Wildman–Crippen LogP) is 2.58. The number of rotatable bonds is 3. The summed E-state index contributed by atoms with van der Waals surface area (Å²) in [6.07, 6.45) is 1.29. The lowest BCUT2D eigenvalue weighted by molar-refractivity contribution is 0.193. The lowest BCUT2D eigenvalue weighted by Crippen LogP contribution is -2.40. The first-order valence-corrected chi connectivity index (χ1v) is 7.93. The minimum atomic E-state index is 0.210. The molecule has 2 N–H and O–H groups in total. The van der Waals surface area contributed by atoms with Gasteiger partial charge in [-0.05, 0) is 37.1 Å². The highest BCUT2D eigenvalue weighted by Crippen LogP contribution is 2.29. The van der Waals surface area contributed by atoms with Crippen molar-refractivity contribution in [3.63, 3.8) is 0 Å². The van der Waals surface area contributed by atoms with Gasteiger partial charge < -0.3 is 5.73 Å². The molecule has 0 amide bonds. The summed E-state index contributed by atoms with van der Waals surface area (Å²) >= 11 is 3.90. The van der Waals surface area contributed by atoms with Crippen molar-refractivity contribution in [1.82, 2.24) is 4.90 Å². The van der Waals surface area contributed by atoms with E-state index >= 15 is 0 Å². The summed E-state index contributed by atoms with van der Waals surface area (Å²) in [5.74, 6) is 2.54. The summed E-state index contributed by atoms with van der Waals surface area (Å²) in [7, 11) is 0. The van der Waals surface area contributed by atoms with Crippen LogP contribution < -0.4 is 5.73 Å². The van der Waals surface area contributed by atoms with Crippen LogP contribution in [0.3, 0.4) is 0 Å². The molecule has 16 heavy (non-hydrogen) atoms. The summed E-state index contributed by atoms with van der Waals surface area (Å²) in [6, 6.07) is 4.97. The molecular formula is C12H20N2S2. The van der Waals surface area contributed by atoms with Gasteiger partial charge >= 0.3 is 0 Å². The Bertz CT molecular complexity index is 290. The van der Waals surface area contributed by atoms with E-state index in [1.54, 1.807) is 0 Å². The van der Waals surface area contributed by atoms with Crippen LogP contribution in [0.2, 0.25) is 0 Å². The third kappa shape index (κ3) is 3.00. The van der Waals surface area contributed by atoms with E-state index in [9.17, 15) is 0 Å². The van der Waals surface area contributed by atoms with Crippen LogP contribution >= 0.6 is 23.1 Å². The fourth-order valence-electron chi connectivity index (χ4n) is 2.27. The van der Waals surface area contributed by atoms with Crippen LogP contribution in [0.15, 0.2) is 17.5 Å². The molecule has 1 saturated heterocycles. The SMILES string of the molecule is CC(N)C(c1cccs1)N1CCCSCC1. The molecule has 4 heteroatoms. The Morgan fingerprint density at radius 1 is 1.38 bits per heavy atom. The van der Waals surface area contributed by atoms with Crippen molar-refractivity contribution in [3.8, 4) is 0 Å². The molecule has 2 unspecified atom stereocenters. The van der Waals surface area contributed by atoms with E-state index in [1.165, 1.54) is 35.9 Å². The lowest BCUT2D eigenvalue weighted by Gasteiger charge is -2.32. The Hall–Kier alpha value is -0.0300. The summed E-state index contributed by atoms with van der Waals surface area (Å²) < 4.78 is 0. The predicted molar refractivity (Wildman–Crippen MR) is 74.2 cm³/mol. The van der Waals surface area contributed by atoms with E-state index < -0.39 is 0 Å². The van der Waals surface area contributed by atoms with Crippen LogP contribution in [-0.2, 0) is 0 Å². The third-order valence-electron chi connectivity index (χ3n) is 2.98. The average molecular weight is 256 g/mol. The first kappa shape index (κ1) is 12.4. The Morgan fingerprint density at radius 2 is 2.25 bits per heavy atom. The second-order valence-corrected chi connectivity index (χ2v) is 6.53. The molecule has 2 rings (SSSR count). The largest absolute Gasteiger partial charge is 0.326 e. The van der Waals surface area contributed by atoms with Crippen molar-refractivity contribution in [2.24, 2.45) is 5.73 Å². The van der Waals surface area contributed by atoms with Crippen molar-refractivity contribution in [1.29, 1.82) is 0 Å². The molecule has 0 bridgehead atoms. The first-order valence-electron chi connectivity index (χ1n) is 5.90. The highest BCUT2D eigenvalue weighted by Gasteiger charge is 2.25. The van der Waals surface area contributed by atoms with E-state index in [0.29, 0.717) is 6.04 Å². The van der Waals surface area contributed by atoms with Crippen molar-refractivity contribution in [3.05, 3.63) is 22.4 Å². The first-order chi connectivity index (χ1) is 7.79. The van der Waals surface area contributed by atoms with Gasteiger partial charge in [-0.3, -0.25) is 4.90 Å². The van der Waals surface area contributed by atoms with Crippen LogP contribution in [0.4, 0.5) is 0 Å². The van der Waals surface area contributed by atoms with E-state index in [1.807, 2.05) is 11.3 Å². The Kier molecular flexibility index (Phi) is 4.70. The number of thiophene rings is 1. The van der Waals surface area contributed by atoms with E-state index in [2.05, 4.69) is 41.1 Å². The number of hydrogen-bond acceptors (Lipinski definition) is 4. The highest BCUT2D eigenvalue weighted by atomic mass is 32.2. The fourth-order valence-corrected chi connectivity index (χ4v) is 4.15. The Labute approximate surface area is 106 Å². The van der Waals surface area contributed by atoms with Gasteiger partial charge in [0.25, 0.3) is 0 Å². The van der Waals surface area contributed by atoms with Gasteiger partial charge in [0.05, 0.1) is 6.04 Å². The lowest BCUT2D eigenvalue weighted by atomic mass is 10.1. The zero-order valence-electron chi connectivity index (χ0n) is 9.76. The number of nitrogens with zero attached hydrogens (tertiary/aromatic N) is 1. The second kappa shape index (κ2) is 6.05. The van der Waals surface area contributed by atoms with Crippen LogP contribution in [0.5, 0.6) is 0 Å². The number of hydrogen-bond donors (Lipinski definition) is 1. The molecular weight excluding hydrogens is 236 g/mol. The Balaban J connectivity index is 2.12. The summed E-state index contributed by atoms with van der Waals surface area (Å²) in [4.78, 5) is 3.98.